The second kappa shape index (κ2) is 6.66. The molecule has 0 radical (unpaired) electrons. The number of anilines is 1. The zero-order valence-corrected chi connectivity index (χ0v) is 11.4. The van der Waals surface area contributed by atoms with E-state index in [-0.39, 0.29) is 0 Å². The van der Waals surface area contributed by atoms with Crippen LogP contribution in [0.5, 0.6) is 0 Å². The zero-order valence-electron chi connectivity index (χ0n) is 9.00. The lowest BCUT2D eigenvalue weighted by Gasteiger charge is -2.06. The van der Waals surface area contributed by atoms with Gasteiger partial charge in [0, 0.05) is 39.0 Å². The van der Waals surface area contributed by atoms with E-state index >= 15 is 0 Å². The summed E-state index contributed by atoms with van der Waals surface area (Å²) in [6.07, 6.45) is 0. The Labute approximate surface area is 106 Å². The standard InChI is InChI=1S/C11H13BrN2OS/c1-2-16(15)4-3-14-11-6-9(8-13)5-10(12)7-11/h5-7,14H,2-4H2,1H3. The van der Waals surface area contributed by atoms with Crippen molar-refractivity contribution in [3.8, 4) is 6.07 Å². The van der Waals surface area contributed by atoms with Gasteiger partial charge < -0.3 is 5.32 Å². The lowest BCUT2D eigenvalue weighted by molar-refractivity contribution is 0.684. The second-order valence-electron chi connectivity index (χ2n) is 3.20. The number of hydrogen-bond acceptors (Lipinski definition) is 3. The predicted octanol–water partition coefficient (Wildman–Crippen LogP) is 2.50. The van der Waals surface area contributed by atoms with E-state index in [0.29, 0.717) is 23.6 Å². The van der Waals surface area contributed by atoms with Crippen LogP contribution in [0, 0.1) is 11.3 Å². The number of nitriles is 1. The molecule has 0 aliphatic rings. The Bertz CT molecular complexity index is 428. The Hall–Kier alpha value is -0.860. The molecule has 0 aliphatic carbocycles. The summed E-state index contributed by atoms with van der Waals surface area (Å²) < 4.78 is 12.1. The smallest absolute Gasteiger partial charge is 0.0992 e. The number of nitrogens with one attached hydrogen (secondary N) is 1. The molecule has 86 valence electrons. The van der Waals surface area contributed by atoms with Crippen LogP contribution in [0.1, 0.15) is 12.5 Å². The van der Waals surface area contributed by atoms with Gasteiger partial charge in [0.1, 0.15) is 0 Å². The summed E-state index contributed by atoms with van der Waals surface area (Å²) in [6, 6.07) is 7.52. The molecule has 0 aliphatic heterocycles. The van der Waals surface area contributed by atoms with Gasteiger partial charge in [0.05, 0.1) is 11.6 Å². The Morgan fingerprint density at radius 1 is 1.50 bits per heavy atom. The molecule has 1 rings (SSSR count). The van der Waals surface area contributed by atoms with Crippen molar-refractivity contribution in [1.82, 2.24) is 0 Å². The molecule has 0 bridgehead atoms. The molecule has 0 saturated carbocycles. The third-order valence-electron chi connectivity index (χ3n) is 2.01. The van der Waals surface area contributed by atoms with Gasteiger partial charge in [0.2, 0.25) is 0 Å². The summed E-state index contributed by atoms with van der Waals surface area (Å²) in [5.74, 6) is 1.31. The van der Waals surface area contributed by atoms with Gasteiger partial charge in [0.15, 0.2) is 0 Å². The summed E-state index contributed by atoms with van der Waals surface area (Å²) in [4.78, 5) is 0. The number of rotatable bonds is 5. The Morgan fingerprint density at radius 2 is 2.25 bits per heavy atom. The lowest BCUT2D eigenvalue weighted by Crippen LogP contribution is -2.11. The van der Waals surface area contributed by atoms with Crippen LogP contribution in [0.3, 0.4) is 0 Å². The minimum absolute atomic E-state index is 0.605. The largest absolute Gasteiger partial charge is 0.384 e. The van der Waals surface area contributed by atoms with Crippen molar-refractivity contribution in [2.24, 2.45) is 0 Å². The molecule has 0 saturated heterocycles. The molecule has 0 heterocycles. The Balaban J connectivity index is 2.57. The molecule has 0 spiro atoms. The van der Waals surface area contributed by atoms with E-state index in [9.17, 15) is 4.21 Å². The summed E-state index contributed by atoms with van der Waals surface area (Å²) in [5.41, 5.74) is 1.48. The second-order valence-corrected chi connectivity index (χ2v) is 5.98. The average molecular weight is 301 g/mol. The monoisotopic (exact) mass is 300 g/mol. The molecule has 1 aromatic rings. The van der Waals surface area contributed by atoms with E-state index in [4.69, 9.17) is 5.26 Å². The topological polar surface area (TPSA) is 52.9 Å². The Morgan fingerprint density at radius 3 is 2.88 bits per heavy atom. The molecule has 1 aromatic carbocycles. The molecule has 1 atom stereocenters. The van der Waals surface area contributed by atoms with Gasteiger partial charge in [-0.1, -0.05) is 22.9 Å². The third kappa shape index (κ3) is 4.33. The van der Waals surface area contributed by atoms with Crippen molar-refractivity contribution >= 4 is 32.4 Å². The van der Waals surface area contributed by atoms with Gasteiger partial charge in [-0.2, -0.15) is 5.26 Å². The van der Waals surface area contributed by atoms with Crippen molar-refractivity contribution in [3.63, 3.8) is 0 Å². The van der Waals surface area contributed by atoms with Crippen LogP contribution >= 0.6 is 15.9 Å². The maximum atomic E-state index is 11.2. The van der Waals surface area contributed by atoms with E-state index in [1.165, 1.54) is 0 Å². The highest BCUT2D eigenvalue weighted by atomic mass is 79.9. The first-order valence-corrected chi connectivity index (χ1v) is 7.23. The van der Waals surface area contributed by atoms with Crippen LogP contribution < -0.4 is 5.32 Å². The molecule has 1 N–H and O–H groups in total. The van der Waals surface area contributed by atoms with Crippen LogP contribution in [0.4, 0.5) is 5.69 Å². The van der Waals surface area contributed by atoms with Gasteiger partial charge >= 0.3 is 0 Å². The fourth-order valence-electron chi connectivity index (χ4n) is 1.21. The normalized spacial score (nSPS) is 11.8. The summed E-state index contributed by atoms with van der Waals surface area (Å²) in [5, 5.41) is 11.9. The first-order valence-electron chi connectivity index (χ1n) is 4.95. The van der Waals surface area contributed by atoms with Crippen molar-refractivity contribution in [3.05, 3.63) is 28.2 Å². The fourth-order valence-corrected chi connectivity index (χ4v) is 2.32. The van der Waals surface area contributed by atoms with E-state index < -0.39 is 10.8 Å². The lowest BCUT2D eigenvalue weighted by atomic mass is 10.2. The van der Waals surface area contributed by atoms with Gasteiger partial charge in [-0.25, -0.2) is 0 Å². The maximum absolute atomic E-state index is 11.2. The number of benzene rings is 1. The minimum Gasteiger partial charge on any atom is -0.384 e. The Kier molecular flexibility index (Phi) is 5.50. The minimum atomic E-state index is -0.752. The van der Waals surface area contributed by atoms with Crippen LogP contribution in [0.25, 0.3) is 0 Å². The van der Waals surface area contributed by atoms with Gasteiger partial charge in [0.25, 0.3) is 0 Å². The molecular weight excluding hydrogens is 288 g/mol. The van der Waals surface area contributed by atoms with Gasteiger partial charge in [-0.3, -0.25) is 4.21 Å². The quantitative estimate of drug-likeness (QED) is 0.909. The zero-order chi connectivity index (χ0) is 12.0. The molecule has 1 unspecified atom stereocenters. The highest BCUT2D eigenvalue weighted by molar-refractivity contribution is 9.10. The number of nitrogens with zero attached hydrogens (tertiary/aromatic N) is 1. The molecule has 0 aromatic heterocycles. The van der Waals surface area contributed by atoms with Crippen LogP contribution in [0.15, 0.2) is 22.7 Å². The summed E-state index contributed by atoms with van der Waals surface area (Å²) in [6.45, 7) is 2.56. The highest BCUT2D eigenvalue weighted by Crippen LogP contribution is 2.18. The van der Waals surface area contributed by atoms with E-state index in [0.717, 1.165) is 10.2 Å². The van der Waals surface area contributed by atoms with Crippen molar-refractivity contribution < 1.29 is 4.21 Å². The number of hydrogen-bond donors (Lipinski definition) is 1. The summed E-state index contributed by atoms with van der Waals surface area (Å²) >= 11 is 3.34. The fraction of sp³-hybridized carbons (Fsp3) is 0.364. The SMILES string of the molecule is CCS(=O)CCNc1cc(Br)cc(C#N)c1. The van der Waals surface area contributed by atoms with Crippen LogP contribution in [-0.4, -0.2) is 22.3 Å². The molecular formula is C11H13BrN2OS. The molecule has 0 amide bonds. The molecule has 0 fully saturated rings. The van der Waals surface area contributed by atoms with Crippen molar-refractivity contribution in [1.29, 1.82) is 5.26 Å². The van der Waals surface area contributed by atoms with Crippen LogP contribution in [0.2, 0.25) is 0 Å². The molecule has 3 nitrogen and oxygen atoms in total. The van der Waals surface area contributed by atoms with Gasteiger partial charge in [-0.05, 0) is 18.2 Å². The van der Waals surface area contributed by atoms with Crippen molar-refractivity contribution in [2.45, 2.75) is 6.92 Å². The van der Waals surface area contributed by atoms with Crippen molar-refractivity contribution in [2.75, 3.05) is 23.4 Å². The maximum Gasteiger partial charge on any atom is 0.0992 e. The molecule has 5 heteroatoms. The number of halogens is 1. The predicted molar refractivity (Wildman–Crippen MR) is 70.9 cm³/mol. The first kappa shape index (κ1) is 13.2. The van der Waals surface area contributed by atoms with E-state index in [2.05, 4.69) is 27.3 Å². The van der Waals surface area contributed by atoms with Gasteiger partial charge in [-0.15, -0.1) is 0 Å². The first-order chi connectivity index (χ1) is 7.65. The highest BCUT2D eigenvalue weighted by Gasteiger charge is 2.00. The van der Waals surface area contributed by atoms with E-state index in [1.54, 1.807) is 12.1 Å². The van der Waals surface area contributed by atoms with Crippen LogP contribution in [-0.2, 0) is 10.8 Å². The van der Waals surface area contributed by atoms with E-state index in [1.807, 2.05) is 13.0 Å². The third-order valence-corrected chi connectivity index (χ3v) is 3.77. The summed E-state index contributed by atoms with van der Waals surface area (Å²) in [7, 11) is -0.752. The molecule has 16 heavy (non-hydrogen) atoms. The average Bonchev–Trinajstić information content (AvgIpc) is 2.28.